The van der Waals surface area contributed by atoms with Gasteiger partial charge in [0.05, 0.1) is 13.2 Å². The van der Waals surface area contributed by atoms with Crippen molar-refractivity contribution in [2.75, 3.05) is 43.5 Å². The minimum Gasteiger partial charge on any atom is -0.378 e. The van der Waals surface area contributed by atoms with Gasteiger partial charge in [-0.05, 0) is 41.8 Å². The van der Waals surface area contributed by atoms with Gasteiger partial charge in [-0.15, -0.1) is 0 Å². The fourth-order valence-electron chi connectivity index (χ4n) is 2.97. The first kappa shape index (κ1) is 13.9. The van der Waals surface area contributed by atoms with Crippen LogP contribution >= 0.6 is 11.9 Å². The van der Waals surface area contributed by atoms with E-state index < -0.39 is 0 Å². The fourth-order valence-corrected chi connectivity index (χ4v) is 3.66. The Morgan fingerprint density at radius 2 is 1.86 bits per heavy atom. The van der Waals surface area contributed by atoms with E-state index in [9.17, 15) is 0 Å². The molecule has 0 bridgehead atoms. The van der Waals surface area contributed by atoms with Crippen molar-refractivity contribution in [3.63, 3.8) is 0 Å². The third-order valence-corrected chi connectivity index (χ3v) is 4.84. The normalized spacial score (nSPS) is 21.3. The topological polar surface area (TPSA) is 28.1 Å². The third-order valence-electron chi connectivity index (χ3n) is 4.17. The Labute approximate surface area is 135 Å². The summed E-state index contributed by atoms with van der Waals surface area (Å²) in [5.74, 6) is 2.13. The monoisotopic (exact) mass is 313 g/mol. The van der Waals surface area contributed by atoms with Crippen LogP contribution in [-0.4, -0.2) is 49.3 Å². The molecule has 22 heavy (non-hydrogen) atoms. The third kappa shape index (κ3) is 2.66. The van der Waals surface area contributed by atoms with Crippen molar-refractivity contribution < 1.29 is 4.74 Å². The molecule has 5 heteroatoms. The molecule has 0 aliphatic carbocycles. The molecule has 1 fully saturated rings. The summed E-state index contributed by atoms with van der Waals surface area (Å²) in [6.45, 7) is 4.62. The Morgan fingerprint density at radius 3 is 2.68 bits per heavy atom. The summed E-state index contributed by atoms with van der Waals surface area (Å²) in [6.07, 6.45) is 6.38. The van der Waals surface area contributed by atoms with E-state index in [1.165, 1.54) is 16.8 Å². The number of anilines is 1. The lowest BCUT2D eigenvalue weighted by atomic mass is 10.0. The first-order chi connectivity index (χ1) is 10.9. The standard InChI is InChI=1S/C17H19N3OS/c1-2-16(17-18-22-13-10-20(17)7-1)14-3-5-15(6-4-14)19-8-11-21-12-9-19/h1-7H,8-13H2. The number of benzene rings is 1. The van der Waals surface area contributed by atoms with E-state index in [0.717, 1.165) is 44.4 Å². The summed E-state index contributed by atoms with van der Waals surface area (Å²) in [5.41, 5.74) is 3.71. The summed E-state index contributed by atoms with van der Waals surface area (Å²) < 4.78 is 10.1. The Morgan fingerprint density at radius 1 is 1.05 bits per heavy atom. The highest BCUT2D eigenvalue weighted by Crippen LogP contribution is 2.28. The highest BCUT2D eigenvalue weighted by atomic mass is 32.2. The predicted octanol–water partition coefficient (Wildman–Crippen LogP) is 2.80. The molecule has 4 nitrogen and oxygen atoms in total. The Bertz CT molecular complexity index is 630. The van der Waals surface area contributed by atoms with E-state index in [1.54, 1.807) is 11.9 Å². The molecule has 3 aliphatic rings. The van der Waals surface area contributed by atoms with Crippen LogP contribution in [0.15, 0.2) is 47.0 Å². The molecule has 1 aromatic rings. The average Bonchev–Trinajstić information content (AvgIpc) is 2.62. The van der Waals surface area contributed by atoms with Gasteiger partial charge in [0.15, 0.2) is 0 Å². The Hall–Kier alpha value is -1.72. The zero-order valence-corrected chi connectivity index (χ0v) is 13.3. The number of hydrogen-bond donors (Lipinski definition) is 0. The molecule has 0 amide bonds. The van der Waals surface area contributed by atoms with Crippen molar-refractivity contribution >= 4 is 29.0 Å². The van der Waals surface area contributed by atoms with Gasteiger partial charge in [-0.25, -0.2) is 0 Å². The molecule has 0 spiro atoms. The molecular weight excluding hydrogens is 294 g/mol. The smallest absolute Gasteiger partial charge is 0.148 e. The number of fused-ring (bicyclic) bond motifs is 1. The van der Waals surface area contributed by atoms with Crippen molar-refractivity contribution in [2.45, 2.75) is 0 Å². The lowest BCUT2D eigenvalue weighted by Gasteiger charge is -2.30. The molecule has 1 aromatic carbocycles. The number of hydrogen-bond acceptors (Lipinski definition) is 5. The molecule has 0 atom stereocenters. The first-order valence-electron chi connectivity index (χ1n) is 7.70. The van der Waals surface area contributed by atoms with Crippen LogP contribution in [0.5, 0.6) is 0 Å². The van der Waals surface area contributed by atoms with E-state index in [2.05, 4.69) is 56.8 Å². The quantitative estimate of drug-likeness (QED) is 0.785. The summed E-state index contributed by atoms with van der Waals surface area (Å²) in [6, 6.07) is 8.83. The highest BCUT2D eigenvalue weighted by molar-refractivity contribution is 7.98. The maximum absolute atomic E-state index is 5.42. The van der Waals surface area contributed by atoms with Crippen molar-refractivity contribution in [1.82, 2.24) is 4.90 Å². The minimum absolute atomic E-state index is 0.820. The molecule has 0 radical (unpaired) electrons. The fraction of sp³-hybridized carbons (Fsp3) is 0.353. The Balaban J connectivity index is 1.59. The number of amidine groups is 1. The van der Waals surface area contributed by atoms with Gasteiger partial charge in [0.25, 0.3) is 0 Å². The summed E-state index contributed by atoms with van der Waals surface area (Å²) in [5, 5.41) is 0. The van der Waals surface area contributed by atoms with Gasteiger partial charge in [-0.3, -0.25) is 0 Å². The lowest BCUT2D eigenvalue weighted by molar-refractivity contribution is 0.122. The molecule has 114 valence electrons. The summed E-state index contributed by atoms with van der Waals surface area (Å²) in [7, 11) is 0. The molecule has 0 N–H and O–H groups in total. The van der Waals surface area contributed by atoms with Crippen LogP contribution in [0.4, 0.5) is 5.69 Å². The van der Waals surface area contributed by atoms with Crippen LogP contribution in [0.1, 0.15) is 5.56 Å². The van der Waals surface area contributed by atoms with Crippen LogP contribution in [0.25, 0.3) is 5.57 Å². The molecular formula is C17H19N3OS. The van der Waals surface area contributed by atoms with Crippen LogP contribution in [0.2, 0.25) is 0 Å². The van der Waals surface area contributed by atoms with E-state index in [-0.39, 0.29) is 0 Å². The lowest BCUT2D eigenvalue weighted by Crippen LogP contribution is -2.36. The highest BCUT2D eigenvalue weighted by Gasteiger charge is 2.21. The van der Waals surface area contributed by atoms with Crippen molar-refractivity contribution in [2.24, 2.45) is 4.40 Å². The van der Waals surface area contributed by atoms with Gasteiger partial charge in [-0.1, -0.05) is 12.1 Å². The van der Waals surface area contributed by atoms with E-state index >= 15 is 0 Å². The minimum atomic E-state index is 0.820. The van der Waals surface area contributed by atoms with Gasteiger partial charge in [-0.2, -0.15) is 4.40 Å². The largest absolute Gasteiger partial charge is 0.378 e. The zero-order chi connectivity index (χ0) is 14.8. The van der Waals surface area contributed by atoms with Gasteiger partial charge < -0.3 is 14.5 Å². The van der Waals surface area contributed by atoms with Crippen LogP contribution < -0.4 is 4.90 Å². The molecule has 3 heterocycles. The number of nitrogens with zero attached hydrogens (tertiary/aromatic N) is 3. The molecule has 0 saturated carbocycles. The maximum Gasteiger partial charge on any atom is 0.148 e. The van der Waals surface area contributed by atoms with E-state index in [4.69, 9.17) is 4.74 Å². The number of morpholine rings is 1. The Kier molecular flexibility index (Phi) is 3.91. The number of allylic oxidation sites excluding steroid dienone is 2. The average molecular weight is 313 g/mol. The van der Waals surface area contributed by atoms with Crippen molar-refractivity contribution in [3.05, 3.63) is 48.2 Å². The number of rotatable bonds is 2. The predicted molar refractivity (Wildman–Crippen MR) is 93.2 cm³/mol. The second-order valence-corrected chi connectivity index (χ2v) is 6.36. The number of ether oxygens (including phenoxy) is 1. The summed E-state index contributed by atoms with van der Waals surface area (Å²) >= 11 is 1.65. The molecule has 0 aromatic heterocycles. The summed E-state index contributed by atoms with van der Waals surface area (Å²) in [4.78, 5) is 4.62. The molecule has 4 rings (SSSR count). The van der Waals surface area contributed by atoms with E-state index in [1.807, 2.05) is 0 Å². The second kappa shape index (κ2) is 6.18. The van der Waals surface area contributed by atoms with Crippen LogP contribution in [0.3, 0.4) is 0 Å². The SMILES string of the molecule is C1=CN2CCSN=C2C(c2ccc(N3CCOCC3)cc2)=C1. The van der Waals surface area contributed by atoms with Crippen molar-refractivity contribution in [3.8, 4) is 0 Å². The van der Waals surface area contributed by atoms with Gasteiger partial charge in [0, 0.05) is 42.8 Å². The van der Waals surface area contributed by atoms with Gasteiger partial charge in [0.1, 0.15) is 5.84 Å². The van der Waals surface area contributed by atoms with E-state index in [0.29, 0.717) is 0 Å². The van der Waals surface area contributed by atoms with Gasteiger partial charge in [0.2, 0.25) is 0 Å². The van der Waals surface area contributed by atoms with Crippen LogP contribution in [-0.2, 0) is 4.74 Å². The maximum atomic E-state index is 5.42. The first-order valence-corrected chi connectivity index (χ1v) is 8.65. The zero-order valence-electron chi connectivity index (χ0n) is 12.4. The molecule has 1 saturated heterocycles. The van der Waals surface area contributed by atoms with Crippen LogP contribution in [0, 0.1) is 0 Å². The van der Waals surface area contributed by atoms with Crippen molar-refractivity contribution in [1.29, 1.82) is 0 Å². The molecule has 3 aliphatic heterocycles. The van der Waals surface area contributed by atoms with Gasteiger partial charge >= 0.3 is 0 Å². The molecule has 0 unspecified atom stereocenters. The second-order valence-electron chi connectivity index (χ2n) is 5.51.